The van der Waals surface area contributed by atoms with Crippen LogP contribution in [0.4, 0.5) is 5.69 Å². The van der Waals surface area contributed by atoms with Crippen LogP contribution in [-0.2, 0) is 0 Å². The first kappa shape index (κ1) is 15.5. The fraction of sp³-hybridized carbons (Fsp3) is 0.429. The first-order valence-corrected chi connectivity index (χ1v) is 7.84. The molecule has 0 bridgehead atoms. The molecule has 0 radical (unpaired) electrons. The SMILES string of the molecule is CC(C)n1c(SCCCOc2cccc(N)c2)n[nH]c1=O. The Morgan fingerprint density at radius 3 is 3.00 bits per heavy atom. The Morgan fingerprint density at radius 2 is 2.29 bits per heavy atom. The van der Waals surface area contributed by atoms with Crippen LogP contribution in [0.25, 0.3) is 0 Å². The van der Waals surface area contributed by atoms with Gasteiger partial charge in [-0.2, -0.15) is 0 Å². The lowest BCUT2D eigenvalue weighted by Gasteiger charge is -2.09. The molecule has 0 atom stereocenters. The van der Waals surface area contributed by atoms with Gasteiger partial charge in [0.2, 0.25) is 0 Å². The van der Waals surface area contributed by atoms with Gasteiger partial charge >= 0.3 is 5.69 Å². The van der Waals surface area contributed by atoms with E-state index < -0.39 is 0 Å². The number of nitrogens with zero attached hydrogens (tertiary/aromatic N) is 2. The summed E-state index contributed by atoms with van der Waals surface area (Å²) >= 11 is 1.55. The highest BCUT2D eigenvalue weighted by molar-refractivity contribution is 7.99. The van der Waals surface area contributed by atoms with Crippen LogP contribution in [0.1, 0.15) is 26.3 Å². The zero-order chi connectivity index (χ0) is 15.2. The maximum Gasteiger partial charge on any atom is 0.344 e. The van der Waals surface area contributed by atoms with Gasteiger partial charge in [-0.3, -0.25) is 4.57 Å². The molecule has 0 unspecified atom stereocenters. The van der Waals surface area contributed by atoms with Crippen molar-refractivity contribution in [2.75, 3.05) is 18.1 Å². The maximum atomic E-state index is 11.6. The fourth-order valence-corrected chi connectivity index (χ4v) is 2.85. The van der Waals surface area contributed by atoms with Crippen molar-refractivity contribution in [3.8, 4) is 5.75 Å². The monoisotopic (exact) mass is 308 g/mol. The van der Waals surface area contributed by atoms with E-state index in [0.717, 1.165) is 23.1 Å². The molecule has 6 nitrogen and oxygen atoms in total. The van der Waals surface area contributed by atoms with Gasteiger partial charge in [0.15, 0.2) is 5.16 Å². The highest BCUT2D eigenvalue weighted by Gasteiger charge is 2.11. The largest absolute Gasteiger partial charge is 0.493 e. The minimum Gasteiger partial charge on any atom is -0.493 e. The van der Waals surface area contributed by atoms with E-state index >= 15 is 0 Å². The topological polar surface area (TPSA) is 85.9 Å². The molecule has 3 N–H and O–H groups in total. The highest BCUT2D eigenvalue weighted by Crippen LogP contribution is 2.18. The van der Waals surface area contributed by atoms with E-state index in [9.17, 15) is 4.79 Å². The number of benzene rings is 1. The van der Waals surface area contributed by atoms with Crippen molar-refractivity contribution in [1.29, 1.82) is 0 Å². The molecule has 114 valence electrons. The molecule has 0 aliphatic heterocycles. The summed E-state index contributed by atoms with van der Waals surface area (Å²) in [7, 11) is 0. The average molecular weight is 308 g/mol. The zero-order valence-electron chi connectivity index (χ0n) is 12.2. The molecule has 1 aromatic heterocycles. The number of aromatic nitrogens is 3. The Labute approximate surface area is 127 Å². The maximum absolute atomic E-state index is 11.6. The first-order valence-electron chi connectivity index (χ1n) is 6.86. The molecule has 1 heterocycles. The summed E-state index contributed by atoms with van der Waals surface area (Å²) in [5.41, 5.74) is 6.21. The van der Waals surface area contributed by atoms with Gasteiger partial charge in [0.25, 0.3) is 0 Å². The van der Waals surface area contributed by atoms with Crippen molar-refractivity contribution >= 4 is 17.4 Å². The predicted molar refractivity (Wildman–Crippen MR) is 84.9 cm³/mol. The number of anilines is 1. The van der Waals surface area contributed by atoms with Crippen LogP contribution in [0.15, 0.2) is 34.2 Å². The quantitative estimate of drug-likeness (QED) is 0.465. The molecule has 7 heteroatoms. The average Bonchev–Trinajstić information content (AvgIpc) is 2.80. The lowest BCUT2D eigenvalue weighted by molar-refractivity contribution is 0.319. The summed E-state index contributed by atoms with van der Waals surface area (Å²) in [6, 6.07) is 7.48. The van der Waals surface area contributed by atoms with Crippen LogP contribution < -0.4 is 16.2 Å². The lowest BCUT2D eigenvalue weighted by Crippen LogP contribution is -2.19. The number of H-pyrrole nitrogens is 1. The number of thioether (sulfide) groups is 1. The third-order valence-electron chi connectivity index (χ3n) is 2.84. The molecule has 0 spiro atoms. The van der Waals surface area contributed by atoms with Gasteiger partial charge in [0.1, 0.15) is 5.75 Å². The van der Waals surface area contributed by atoms with Gasteiger partial charge in [0, 0.05) is 23.5 Å². The molecule has 0 amide bonds. The third-order valence-corrected chi connectivity index (χ3v) is 3.87. The van der Waals surface area contributed by atoms with Crippen molar-refractivity contribution in [1.82, 2.24) is 14.8 Å². The van der Waals surface area contributed by atoms with Crippen molar-refractivity contribution in [2.24, 2.45) is 0 Å². The molecule has 1 aromatic carbocycles. The summed E-state index contributed by atoms with van der Waals surface area (Å²) in [5, 5.41) is 7.24. The Bertz CT molecular complexity index is 636. The van der Waals surface area contributed by atoms with Gasteiger partial charge in [-0.05, 0) is 32.4 Å². The van der Waals surface area contributed by atoms with E-state index in [-0.39, 0.29) is 11.7 Å². The molecule has 21 heavy (non-hydrogen) atoms. The van der Waals surface area contributed by atoms with Crippen LogP contribution >= 0.6 is 11.8 Å². The summed E-state index contributed by atoms with van der Waals surface area (Å²) in [6.45, 7) is 4.53. The Balaban J connectivity index is 1.77. The summed E-state index contributed by atoms with van der Waals surface area (Å²) < 4.78 is 7.27. The number of hydrogen-bond donors (Lipinski definition) is 2. The van der Waals surface area contributed by atoms with Gasteiger partial charge in [0.05, 0.1) is 6.61 Å². The van der Waals surface area contributed by atoms with Gasteiger partial charge in [-0.25, -0.2) is 9.89 Å². The smallest absolute Gasteiger partial charge is 0.344 e. The number of hydrogen-bond acceptors (Lipinski definition) is 5. The minimum atomic E-state index is -0.163. The number of nitrogens with two attached hydrogens (primary N) is 1. The number of aromatic amines is 1. The third kappa shape index (κ3) is 4.29. The van der Waals surface area contributed by atoms with Gasteiger partial charge in [-0.15, -0.1) is 5.10 Å². The number of nitrogens with one attached hydrogen (secondary N) is 1. The standard InChI is InChI=1S/C14H20N4O2S/c1-10(2)18-13(19)16-17-14(18)21-8-4-7-20-12-6-3-5-11(15)9-12/h3,5-6,9-10H,4,7-8,15H2,1-2H3,(H,16,19). The highest BCUT2D eigenvalue weighted by atomic mass is 32.2. The Kier molecular flexibility index (Phi) is 5.32. The first-order chi connectivity index (χ1) is 10.1. The zero-order valence-corrected chi connectivity index (χ0v) is 13.0. The van der Waals surface area contributed by atoms with Crippen LogP contribution in [0, 0.1) is 0 Å². The van der Waals surface area contributed by atoms with E-state index in [1.54, 1.807) is 22.4 Å². The molecule has 0 aliphatic carbocycles. The number of rotatable bonds is 7. The minimum absolute atomic E-state index is 0.0993. The second-order valence-electron chi connectivity index (χ2n) is 4.90. The molecule has 0 saturated carbocycles. The van der Waals surface area contributed by atoms with E-state index in [2.05, 4.69) is 10.2 Å². The van der Waals surface area contributed by atoms with Crippen molar-refractivity contribution < 1.29 is 4.74 Å². The van der Waals surface area contributed by atoms with E-state index in [0.29, 0.717) is 12.3 Å². The predicted octanol–water partition coefficient (Wildman–Crippen LogP) is 2.30. The molecule has 0 fully saturated rings. The van der Waals surface area contributed by atoms with Crippen LogP contribution in [0.3, 0.4) is 0 Å². The van der Waals surface area contributed by atoms with Crippen LogP contribution in [0.5, 0.6) is 5.75 Å². The molecule has 2 aromatic rings. The van der Waals surface area contributed by atoms with Crippen LogP contribution in [-0.4, -0.2) is 27.1 Å². The van der Waals surface area contributed by atoms with Crippen molar-refractivity contribution in [3.05, 3.63) is 34.7 Å². The molecular weight excluding hydrogens is 288 g/mol. The summed E-state index contributed by atoms with van der Waals surface area (Å²) in [4.78, 5) is 11.6. The number of nitrogen functional groups attached to an aromatic ring is 1. The van der Waals surface area contributed by atoms with Crippen molar-refractivity contribution in [3.63, 3.8) is 0 Å². The molecule has 0 aliphatic rings. The molecule has 2 rings (SSSR count). The lowest BCUT2D eigenvalue weighted by atomic mass is 10.3. The second-order valence-corrected chi connectivity index (χ2v) is 5.96. The Morgan fingerprint density at radius 1 is 1.48 bits per heavy atom. The van der Waals surface area contributed by atoms with E-state index in [1.165, 1.54) is 0 Å². The normalized spacial score (nSPS) is 11.0. The second kappa shape index (κ2) is 7.21. The van der Waals surface area contributed by atoms with E-state index in [4.69, 9.17) is 10.5 Å². The fourth-order valence-electron chi connectivity index (χ4n) is 1.86. The summed E-state index contributed by atoms with van der Waals surface area (Å²) in [5.74, 6) is 1.61. The molecular formula is C14H20N4O2S. The van der Waals surface area contributed by atoms with Gasteiger partial charge in [-0.1, -0.05) is 17.8 Å². The Hall–Kier alpha value is -1.89. The van der Waals surface area contributed by atoms with Crippen molar-refractivity contribution in [2.45, 2.75) is 31.5 Å². The van der Waals surface area contributed by atoms with E-state index in [1.807, 2.05) is 32.0 Å². The number of ether oxygens (including phenoxy) is 1. The molecule has 0 saturated heterocycles. The van der Waals surface area contributed by atoms with Gasteiger partial charge < -0.3 is 10.5 Å². The summed E-state index contributed by atoms with van der Waals surface area (Å²) in [6.07, 6.45) is 0.860. The van der Waals surface area contributed by atoms with Crippen LogP contribution in [0.2, 0.25) is 0 Å².